The van der Waals surface area contributed by atoms with Gasteiger partial charge in [0.2, 0.25) is 0 Å². The highest BCUT2D eigenvalue weighted by Crippen LogP contribution is 2.23. The fraction of sp³-hybridized carbons (Fsp3) is 0.667. The van der Waals surface area contributed by atoms with Crippen molar-refractivity contribution in [1.29, 1.82) is 0 Å². The van der Waals surface area contributed by atoms with Gasteiger partial charge in [0.15, 0.2) is 0 Å². The lowest BCUT2D eigenvalue weighted by Crippen LogP contribution is -2.26. The molecule has 1 atom stereocenters. The quantitative estimate of drug-likeness (QED) is 0.837. The van der Waals surface area contributed by atoms with Gasteiger partial charge in [-0.3, -0.25) is 0 Å². The molecule has 0 aliphatic rings. The molecule has 3 heteroatoms. The van der Waals surface area contributed by atoms with Gasteiger partial charge in [-0.2, -0.15) is 11.3 Å². The summed E-state index contributed by atoms with van der Waals surface area (Å²) < 4.78 is 1.27. The summed E-state index contributed by atoms with van der Waals surface area (Å²) in [6, 6.07) is 0. The SMILES string of the molecule is CC(C)CNCC(C)Cc1cscc1Br. The van der Waals surface area contributed by atoms with Gasteiger partial charge < -0.3 is 5.32 Å². The zero-order valence-corrected chi connectivity index (χ0v) is 12.1. The molecular weight excluding hydrogens is 270 g/mol. The highest BCUT2D eigenvalue weighted by atomic mass is 79.9. The fourth-order valence-electron chi connectivity index (χ4n) is 1.52. The Morgan fingerprint density at radius 2 is 2.00 bits per heavy atom. The van der Waals surface area contributed by atoms with Crippen molar-refractivity contribution in [2.75, 3.05) is 13.1 Å². The Labute approximate surface area is 105 Å². The molecule has 1 unspecified atom stereocenters. The second kappa shape index (κ2) is 6.66. The molecule has 1 heterocycles. The summed E-state index contributed by atoms with van der Waals surface area (Å²) in [6.07, 6.45) is 1.16. The standard InChI is InChI=1S/C12H20BrNS/c1-9(2)5-14-6-10(3)4-11-7-15-8-12(11)13/h7-10,14H,4-6H2,1-3H3. The second-order valence-electron chi connectivity index (χ2n) is 4.61. The van der Waals surface area contributed by atoms with Gasteiger partial charge in [0.25, 0.3) is 0 Å². The lowest BCUT2D eigenvalue weighted by Gasteiger charge is -2.13. The predicted octanol–water partition coefficient (Wildman–Crippen LogP) is 3.93. The zero-order valence-electron chi connectivity index (χ0n) is 9.72. The minimum Gasteiger partial charge on any atom is -0.316 e. The molecule has 1 rings (SSSR count). The molecule has 0 saturated heterocycles. The second-order valence-corrected chi connectivity index (χ2v) is 6.20. The van der Waals surface area contributed by atoms with Crippen molar-refractivity contribution in [3.05, 3.63) is 20.8 Å². The van der Waals surface area contributed by atoms with Crippen molar-refractivity contribution in [3.63, 3.8) is 0 Å². The fourth-order valence-corrected chi connectivity index (χ4v) is 3.00. The molecule has 0 fully saturated rings. The van der Waals surface area contributed by atoms with Crippen LogP contribution >= 0.6 is 27.3 Å². The van der Waals surface area contributed by atoms with Gasteiger partial charge in [0.1, 0.15) is 0 Å². The molecular formula is C12H20BrNS. The number of halogens is 1. The van der Waals surface area contributed by atoms with Crippen molar-refractivity contribution in [1.82, 2.24) is 5.32 Å². The van der Waals surface area contributed by atoms with Gasteiger partial charge in [0.05, 0.1) is 0 Å². The van der Waals surface area contributed by atoms with Crippen LogP contribution in [-0.2, 0) is 6.42 Å². The van der Waals surface area contributed by atoms with E-state index in [9.17, 15) is 0 Å². The van der Waals surface area contributed by atoms with Gasteiger partial charge >= 0.3 is 0 Å². The van der Waals surface area contributed by atoms with Gasteiger partial charge in [-0.1, -0.05) is 20.8 Å². The molecule has 0 saturated carbocycles. The van der Waals surface area contributed by atoms with Crippen LogP contribution in [0.5, 0.6) is 0 Å². The molecule has 1 N–H and O–H groups in total. The van der Waals surface area contributed by atoms with Gasteiger partial charge in [-0.25, -0.2) is 0 Å². The third-order valence-corrected chi connectivity index (χ3v) is 4.14. The van der Waals surface area contributed by atoms with E-state index in [2.05, 4.69) is 52.8 Å². The summed E-state index contributed by atoms with van der Waals surface area (Å²) in [5.41, 5.74) is 1.44. The Hall–Kier alpha value is 0.140. The van der Waals surface area contributed by atoms with Crippen LogP contribution in [-0.4, -0.2) is 13.1 Å². The largest absolute Gasteiger partial charge is 0.316 e. The summed E-state index contributed by atoms with van der Waals surface area (Å²) in [5, 5.41) is 7.90. The van der Waals surface area contributed by atoms with Crippen molar-refractivity contribution >= 4 is 27.3 Å². The lowest BCUT2D eigenvalue weighted by atomic mass is 10.0. The molecule has 0 bridgehead atoms. The zero-order chi connectivity index (χ0) is 11.3. The summed E-state index contributed by atoms with van der Waals surface area (Å²) in [7, 11) is 0. The molecule has 1 aromatic rings. The number of nitrogens with one attached hydrogen (secondary N) is 1. The molecule has 0 aliphatic heterocycles. The van der Waals surface area contributed by atoms with Crippen molar-refractivity contribution in [2.45, 2.75) is 27.2 Å². The van der Waals surface area contributed by atoms with Gasteiger partial charge in [-0.05, 0) is 58.2 Å². The molecule has 0 radical (unpaired) electrons. The third kappa shape index (κ3) is 5.14. The minimum atomic E-state index is 0.703. The van der Waals surface area contributed by atoms with Gasteiger partial charge in [-0.15, -0.1) is 0 Å². The van der Waals surface area contributed by atoms with Gasteiger partial charge in [0, 0.05) is 9.85 Å². The van der Waals surface area contributed by atoms with Crippen LogP contribution in [0.2, 0.25) is 0 Å². The minimum absolute atomic E-state index is 0.703. The summed E-state index contributed by atoms with van der Waals surface area (Å²) in [4.78, 5) is 0. The first kappa shape index (κ1) is 13.2. The van der Waals surface area contributed by atoms with E-state index in [1.807, 2.05) is 0 Å². The normalized spacial score (nSPS) is 13.4. The average molecular weight is 290 g/mol. The molecule has 0 amide bonds. The summed E-state index contributed by atoms with van der Waals surface area (Å²) in [5.74, 6) is 1.44. The van der Waals surface area contributed by atoms with E-state index in [1.54, 1.807) is 11.3 Å². The molecule has 0 aromatic carbocycles. The maximum atomic E-state index is 3.58. The number of thiophene rings is 1. The summed E-state index contributed by atoms with van der Waals surface area (Å²) in [6.45, 7) is 9.02. The van der Waals surface area contributed by atoms with E-state index in [0.717, 1.165) is 25.4 Å². The lowest BCUT2D eigenvalue weighted by molar-refractivity contribution is 0.473. The van der Waals surface area contributed by atoms with Crippen molar-refractivity contribution < 1.29 is 0 Å². The monoisotopic (exact) mass is 289 g/mol. The Kier molecular flexibility index (Phi) is 5.87. The first-order valence-electron chi connectivity index (χ1n) is 5.51. The molecule has 0 aliphatic carbocycles. The van der Waals surface area contributed by atoms with Crippen LogP contribution in [0.1, 0.15) is 26.3 Å². The smallest absolute Gasteiger partial charge is 0.0314 e. The van der Waals surface area contributed by atoms with Crippen LogP contribution in [0.15, 0.2) is 15.2 Å². The highest BCUT2D eigenvalue weighted by molar-refractivity contribution is 9.10. The molecule has 0 spiro atoms. The van der Waals surface area contributed by atoms with Crippen LogP contribution in [0, 0.1) is 11.8 Å². The van der Waals surface area contributed by atoms with Crippen LogP contribution in [0.4, 0.5) is 0 Å². The number of rotatable bonds is 6. The number of hydrogen-bond acceptors (Lipinski definition) is 2. The molecule has 15 heavy (non-hydrogen) atoms. The topological polar surface area (TPSA) is 12.0 Å². The Morgan fingerprint density at radius 1 is 1.27 bits per heavy atom. The van der Waals surface area contributed by atoms with E-state index < -0.39 is 0 Å². The molecule has 1 nitrogen and oxygen atoms in total. The van der Waals surface area contributed by atoms with E-state index >= 15 is 0 Å². The average Bonchev–Trinajstić information content (AvgIpc) is 2.51. The Morgan fingerprint density at radius 3 is 2.53 bits per heavy atom. The van der Waals surface area contributed by atoms with Crippen LogP contribution in [0.3, 0.4) is 0 Å². The Balaban J connectivity index is 2.24. The van der Waals surface area contributed by atoms with E-state index in [0.29, 0.717) is 5.92 Å². The summed E-state index contributed by atoms with van der Waals surface area (Å²) >= 11 is 5.35. The van der Waals surface area contributed by atoms with Crippen molar-refractivity contribution in [3.8, 4) is 0 Å². The van der Waals surface area contributed by atoms with Crippen LogP contribution < -0.4 is 5.32 Å². The maximum absolute atomic E-state index is 3.58. The first-order chi connectivity index (χ1) is 7.09. The number of hydrogen-bond donors (Lipinski definition) is 1. The predicted molar refractivity (Wildman–Crippen MR) is 72.6 cm³/mol. The van der Waals surface area contributed by atoms with Crippen LogP contribution in [0.25, 0.3) is 0 Å². The third-order valence-electron chi connectivity index (χ3n) is 2.30. The molecule has 86 valence electrons. The van der Waals surface area contributed by atoms with Crippen molar-refractivity contribution in [2.24, 2.45) is 11.8 Å². The van der Waals surface area contributed by atoms with E-state index in [-0.39, 0.29) is 0 Å². The first-order valence-corrected chi connectivity index (χ1v) is 7.24. The highest BCUT2D eigenvalue weighted by Gasteiger charge is 2.07. The molecule has 1 aromatic heterocycles. The van der Waals surface area contributed by atoms with E-state index in [1.165, 1.54) is 10.0 Å². The van der Waals surface area contributed by atoms with E-state index in [4.69, 9.17) is 0 Å². The maximum Gasteiger partial charge on any atom is 0.0314 e. The Bertz CT molecular complexity index is 283.